The molecule has 0 spiro atoms. The Kier molecular flexibility index (Phi) is 4.61. The summed E-state index contributed by atoms with van der Waals surface area (Å²) in [6, 6.07) is 6.05. The topological polar surface area (TPSA) is 64.7 Å². The lowest BCUT2D eigenvalue weighted by Gasteiger charge is -2.05. The molecule has 6 nitrogen and oxygen atoms in total. The minimum absolute atomic E-state index is 0.128. The predicted octanol–water partition coefficient (Wildman–Crippen LogP) is 2.87. The molecule has 2 heterocycles. The molecule has 24 heavy (non-hydrogen) atoms. The number of aryl methyl sites for hydroxylation is 1. The third-order valence-electron chi connectivity index (χ3n) is 3.34. The van der Waals surface area contributed by atoms with Crippen LogP contribution in [0.3, 0.4) is 0 Å². The van der Waals surface area contributed by atoms with Gasteiger partial charge in [0.25, 0.3) is 0 Å². The average molecular weight is 348 g/mol. The lowest BCUT2D eigenvalue weighted by Crippen LogP contribution is -2.18. The smallest absolute Gasteiger partial charge is 0.246 e. The number of nitrogens with zero attached hydrogens (tertiary/aromatic N) is 4. The minimum Gasteiger partial charge on any atom is -0.322 e. The van der Waals surface area contributed by atoms with E-state index in [0.29, 0.717) is 17.3 Å². The molecule has 0 aliphatic rings. The number of hydrogen-bond donors (Lipinski definition) is 1. The zero-order chi connectivity index (χ0) is 17.1. The summed E-state index contributed by atoms with van der Waals surface area (Å²) in [7, 11) is 0. The lowest BCUT2D eigenvalue weighted by molar-refractivity contribution is -0.116. The second-order valence-electron chi connectivity index (χ2n) is 5.37. The largest absolute Gasteiger partial charge is 0.322 e. The third kappa shape index (κ3) is 3.99. The number of nitrogens with one attached hydrogen (secondary N) is 1. The van der Waals surface area contributed by atoms with Gasteiger partial charge in [-0.05, 0) is 30.7 Å². The van der Waals surface area contributed by atoms with E-state index in [2.05, 4.69) is 15.5 Å². The molecule has 3 rings (SSSR count). The first-order valence-electron chi connectivity index (χ1n) is 7.26. The van der Waals surface area contributed by atoms with E-state index >= 15 is 0 Å². The van der Waals surface area contributed by atoms with Crippen LogP contribution in [0.2, 0.25) is 5.02 Å². The highest BCUT2D eigenvalue weighted by atomic mass is 35.5. The van der Waals surface area contributed by atoms with Gasteiger partial charge in [0, 0.05) is 17.4 Å². The second-order valence-corrected chi connectivity index (χ2v) is 5.77. The Morgan fingerprint density at radius 3 is 2.88 bits per heavy atom. The van der Waals surface area contributed by atoms with Crippen LogP contribution in [0.4, 0.5) is 10.1 Å². The summed E-state index contributed by atoms with van der Waals surface area (Å²) in [6.45, 7) is 2.37. The molecule has 0 unspecified atom stereocenters. The van der Waals surface area contributed by atoms with Gasteiger partial charge in [0.1, 0.15) is 12.4 Å². The molecule has 0 atom stereocenters. The van der Waals surface area contributed by atoms with Crippen molar-refractivity contribution in [3.05, 3.63) is 65.0 Å². The number of benzene rings is 1. The normalized spacial score (nSPS) is 10.8. The molecule has 0 saturated heterocycles. The maximum absolute atomic E-state index is 13.1. The van der Waals surface area contributed by atoms with Crippen molar-refractivity contribution in [2.75, 3.05) is 5.32 Å². The molecular formula is C16H15ClFN5O. The van der Waals surface area contributed by atoms with Crippen molar-refractivity contribution >= 4 is 23.2 Å². The van der Waals surface area contributed by atoms with Crippen molar-refractivity contribution in [3.8, 4) is 0 Å². The minimum atomic E-state index is -0.383. The second kappa shape index (κ2) is 6.84. The highest BCUT2D eigenvalue weighted by Crippen LogP contribution is 2.18. The predicted molar refractivity (Wildman–Crippen MR) is 88.3 cm³/mol. The summed E-state index contributed by atoms with van der Waals surface area (Å²) < 4.78 is 16.2. The number of amides is 1. The SMILES string of the molecule is Cc1ccn(CC(=O)Nc2cnn(Cc3ccc(F)cc3Cl)c2)n1. The fraction of sp³-hybridized carbons (Fsp3) is 0.188. The summed E-state index contributed by atoms with van der Waals surface area (Å²) in [4.78, 5) is 12.0. The van der Waals surface area contributed by atoms with Gasteiger partial charge in [0.05, 0.1) is 24.1 Å². The Hall–Kier alpha value is -2.67. The van der Waals surface area contributed by atoms with E-state index in [0.717, 1.165) is 11.3 Å². The van der Waals surface area contributed by atoms with Gasteiger partial charge >= 0.3 is 0 Å². The van der Waals surface area contributed by atoms with Crippen LogP contribution in [0.1, 0.15) is 11.3 Å². The van der Waals surface area contributed by atoms with E-state index in [9.17, 15) is 9.18 Å². The molecule has 1 amide bonds. The van der Waals surface area contributed by atoms with Crippen molar-refractivity contribution < 1.29 is 9.18 Å². The van der Waals surface area contributed by atoms with Crippen LogP contribution in [-0.2, 0) is 17.9 Å². The fourth-order valence-corrected chi connectivity index (χ4v) is 2.46. The number of anilines is 1. The van der Waals surface area contributed by atoms with E-state index in [1.807, 2.05) is 13.0 Å². The highest BCUT2D eigenvalue weighted by Gasteiger charge is 2.08. The molecular weight excluding hydrogens is 333 g/mol. The summed E-state index contributed by atoms with van der Waals surface area (Å²) in [5.41, 5.74) is 2.17. The maximum atomic E-state index is 13.1. The first-order chi connectivity index (χ1) is 11.5. The number of aromatic nitrogens is 4. The molecule has 3 aromatic rings. The molecule has 2 aromatic heterocycles. The van der Waals surface area contributed by atoms with Gasteiger partial charge in [-0.2, -0.15) is 10.2 Å². The fourth-order valence-electron chi connectivity index (χ4n) is 2.24. The van der Waals surface area contributed by atoms with E-state index < -0.39 is 0 Å². The van der Waals surface area contributed by atoms with Crippen LogP contribution < -0.4 is 5.32 Å². The van der Waals surface area contributed by atoms with Crippen molar-refractivity contribution in [3.63, 3.8) is 0 Å². The Bertz CT molecular complexity index is 873. The van der Waals surface area contributed by atoms with Crippen molar-refractivity contribution in [1.82, 2.24) is 19.6 Å². The van der Waals surface area contributed by atoms with Crippen LogP contribution in [-0.4, -0.2) is 25.5 Å². The van der Waals surface area contributed by atoms with Crippen LogP contribution in [0.5, 0.6) is 0 Å². The summed E-state index contributed by atoms with van der Waals surface area (Å²) >= 11 is 6.00. The molecule has 0 aliphatic carbocycles. The number of carbonyl (C=O) groups is 1. The number of halogens is 2. The summed E-state index contributed by atoms with van der Waals surface area (Å²) in [6.07, 6.45) is 4.98. The van der Waals surface area contributed by atoms with Gasteiger partial charge in [-0.1, -0.05) is 17.7 Å². The lowest BCUT2D eigenvalue weighted by atomic mass is 10.2. The van der Waals surface area contributed by atoms with Crippen molar-refractivity contribution in [2.45, 2.75) is 20.0 Å². The van der Waals surface area contributed by atoms with Gasteiger partial charge < -0.3 is 5.32 Å². The molecule has 0 fully saturated rings. The average Bonchev–Trinajstić information content (AvgIpc) is 3.11. The first kappa shape index (κ1) is 16.2. The van der Waals surface area contributed by atoms with Gasteiger partial charge in [-0.25, -0.2) is 4.39 Å². The molecule has 124 valence electrons. The zero-order valence-corrected chi connectivity index (χ0v) is 13.7. The third-order valence-corrected chi connectivity index (χ3v) is 3.70. The number of hydrogen-bond acceptors (Lipinski definition) is 3. The Morgan fingerprint density at radius 1 is 1.33 bits per heavy atom. The van der Waals surface area contributed by atoms with Gasteiger partial charge in [-0.15, -0.1) is 0 Å². The molecule has 0 aliphatic heterocycles. The number of carbonyl (C=O) groups excluding carboxylic acids is 1. The molecule has 1 N–H and O–H groups in total. The molecule has 0 radical (unpaired) electrons. The van der Waals surface area contributed by atoms with Gasteiger partial charge in [-0.3, -0.25) is 14.2 Å². The Labute approximate surface area is 142 Å². The summed E-state index contributed by atoms with van der Waals surface area (Å²) in [5.74, 6) is -0.580. The van der Waals surface area contributed by atoms with E-state index in [4.69, 9.17) is 11.6 Å². The van der Waals surface area contributed by atoms with Gasteiger partial charge in [0.2, 0.25) is 5.91 Å². The van der Waals surface area contributed by atoms with Crippen molar-refractivity contribution in [2.24, 2.45) is 0 Å². The van der Waals surface area contributed by atoms with Crippen LogP contribution in [0.25, 0.3) is 0 Å². The zero-order valence-electron chi connectivity index (χ0n) is 12.9. The number of rotatable bonds is 5. The van der Waals surface area contributed by atoms with E-state index in [1.165, 1.54) is 12.1 Å². The molecule has 8 heteroatoms. The first-order valence-corrected chi connectivity index (χ1v) is 7.64. The Balaban J connectivity index is 1.61. The van der Waals surface area contributed by atoms with E-state index in [-0.39, 0.29) is 18.3 Å². The Morgan fingerprint density at radius 2 is 2.17 bits per heavy atom. The molecule has 1 aromatic carbocycles. The quantitative estimate of drug-likeness (QED) is 0.771. The van der Waals surface area contributed by atoms with Crippen LogP contribution in [0.15, 0.2) is 42.9 Å². The van der Waals surface area contributed by atoms with Gasteiger partial charge in [0.15, 0.2) is 0 Å². The molecule has 0 saturated carbocycles. The maximum Gasteiger partial charge on any atom is 0.246 e. The molecule has 0 bridgehead atoms. The van der Waals surface area contributed by atoms with E-state index in [1.54, 1.807) is 34.0 Å². The van der Waals surface area contributed by atoms with Crippen LogP contribution in [0, 0.1) is 12.7 Å². The van der Waals surface area contributed by atoms with Crippen LogP contribution >= 0.6 is 11.6 Å². The highest BCUT2D eigenvalue weighted by molar-refractivity contribution is 6.31. The summed E-state index contributed by atoms with van der Waals surface area (Å²) in [5, 5.41) is 11.4. The van der Waals surface area contributed by atoms with Crippen molar-refractivity contribution in [1.29, 1.82) is 0 Å². The monoisotopic (exact) mass is 347 g/mol. The standard InChI is InChI=1S/C16H15ClFN5O/c1-11-4-5-22(21-11)10-16(24)20-14-7-19-23(9-14)8-12-2-3-13(18)6-15(12)17/h2-7,9H,8,10H2,1H3,(H,20,24).